The molecule has 1 fully saturated rings. The normalized spacial score (nSPS) is 22.7. The highest BCUT2D eigenvalue weighted by Crippen LogP contribution is 2.38. The second kappa shape index (κ2) is 6.12. The number of hydrogen-bond acceptors (Lipinski definition) is 4. The topological polar surface area (TPSA) is 62.2 Å². The summed E-state index contributed by atoms with van der Waals surface area (Å²) >= 11 is 1.64. The zero-order valence-electron chi connectivity index (χ0n) is 11.7. The van der Waals surface area contributed by atoms with Crippen LogP contribution in [0.4, 0.5) is 5.13 Å². The van der Waals surface area contributed by atoms with Crippen molar-refractivity contribution in [1.82, 2.24) is 4.98 Å². The van der Waals surface area contributed by atoms with Gasteiger partial charge in [-0.2, -0.15) is 0 Å². The lowest BCUT2D eigenvalue weighted by molar-refractivity contribution is -0.138. The van der Waals surface area contributed by atoms with E-state index in [1.807, 2.05) is 0 Å². The molecule has 3 rings (SSSR count). The fourth-order valence-electron chi connectivity index (χ4n) is 3.40. The van der Waals surface area contributed by atoms with Gasteiger partial charge in [-0.05, 0) is 25.2 Å². The van der Waals surface area contributed by atoms with Gasteiger partial charge >= 0.3 is 5.97 Å². The average Bonchev–Trinajstić information content (AvgIpc) is 2.99. The average molecular weight is 294 g/mol. The molecule has 0 amide bonds. The number of nitrogens with zero attached hydrogens (tertiary/aromatic N) is 1. The molecule has 0 radical (unpaired) electrons. The van der Waals surface area contributed by atoms with Crippen LogP contribution < -0.4 is 5.32 Å². The first-order chi connectivity index (χ1) is 9.74. The number of carboxylic acid groups (broad SMARTS) is 1. The van der Waals surface area contributed by atoms with Gasteiger partial charge in [0.1, 0.15) is 5.92 Å². The number of nitrogens with one attached hydrogen (secondary N) is 1. The van der Waals surface area contributed by atoms with Crippen LogP contribution in [0.2, 0.25) is 0 Å². The van der Waals surface area contributed by atoms with E-state index in [0.717, 1.165) is 34.6 Å². The highest BCUT2D eigenvalue weighted by Gasteiger charge is 2.32. The Bertz CT molecular complexity index is 480. The summed E-state index contributed by atoms with van der Waals surface area (Å²) < 4.78 is 0. The summed E-state index contributed by atoms with van der Waals surface area (Å²) in [5, 5.41) is 13.5. The lowest BCUT2D eigenvalue weighted by atomic mass is 9.87. The molecule has 1 aromatic heterocycles. The predicted molar refractivity (Wildman–Crippen MR) is 80.5 cm³/mol. The number of rotatable bonds is 5. The van der Waals surface area contributed by atoms with E-state index in [9.17, 15) is 4.79 Å². The zero-order valence-corrected chi connectivity index (χ0v) is 12.5. The van der Waals surface area contributed by atoms with Crippen molar-refractivity contribution >= 4 is 22.4 Å². The minimum atomic E-state index is -0.734. The third kappa shape index (κ3) is 2.97. The first-order valence-corrected chi connectivity index (χ1v) is 8.52. The molecule has 0 bridgehead atoms. The molecule has 5 heteroatoms. The number of aryl methyl sites for hydroxylation is 1. The van der Waals surface area contributed by atoms with Crippen LogP contribution >= 0.6 is 11.3 Å². The number of carboxylic acids is 1. The van der Waals surface area contributed by atoms with Crippen LogP contribution in [0, 0.1) is 5.92 Å². The highest BCUT2D eigenvalue weighted by molar-refractivity contribution is 7.15. The van der Waals surface area contributed by atoms with Crippen LogP contribution in [0.1, 0.15) is 61.4 Å². The molecule has 2 aliphatic carbocycles. The molecule has 0 spiro atoms. The Morgan fingerprint density at radius 1 is 1.30 bits per heavy atom. The first-order valence-electron chi connectivity index (χ1n) is 7.70. The molecule has 4 nitrogen and oxygen atoms in total. The number of anilines is 1. The fourth-order valence-corrected chi connectivity index (χ4v) is 4.47. The van der Waals surface area contributed by atoms with Crippen molar-refractivity contribution < 1.29 is 9.90 Å². The van der Waals surface area contributed by atoms with Crippen LogP contribution in [0.5, 0.6) is 0 Å². The lowest BCUT2D eigenvalue weighted by Crippen LogP contribution is -2.12. The van der Waals surface area contributed by atoms with Crippen LogP contribution in [-0.4, -0.2) is 22.6 Å². The Kier molecular flexibility index (Phi) is 4.24. The Labute approximate surface area is 123 Å². The maximum Gasteiger partial charge on any atom is 0.312 e. The fraction of sp³-hybridized carbons (Fsp3) is 0.733. The van der Waals surface area contributed by atoms with E-state index in [1.54, 1.807) is 11.3 Å². The maximum absolute atomic E-state index is 11.1. The second-order valence-electron chi connectivity index (χ2n) is 5.98. The molecule has 0 aliphatic heterocycles. The summed E-state index contributed by atoms with van der Waals surface area (Å²) in [6.07, 6.45) is 9.72. The van der Waals surface area contributed by atoms with E-state index in [1.165, 1.54) is 38.5 Å². The predicted octanol–water partition coefficient (Wildman–Crippen LogP) is 3.64. The van der Waals surface area contributed by atoms with Crippen molar-refractivity contribution in [2.45, 2.75) is 57.3 Å². The summed E-state index contributed by atoms with van der Waals surface area (Å²) in [4.78, 5) is 16.8. The third-order valence-corrected chi connectivity index (χ3v) is 5.66. The third-order valence-electron chi connectivity index (χ3n) is 4.57. The maximum atomic E-state index is 11.1. The van der Waals surface area contributed by atoms with Gasteiger partial charge in [0.25, 0.3) is 0 Å². The highest BCUT2D eigenvalue weighted by atomic mass is 32.1. The number of carbonyl (C=O) groups is 1. The first kappa shape index (κ1) is 13.9. The molecule has 2 aliphatic rings. The molecule has 0 saturated heterocycles. The van der Waals surface area contributed by atoms with Gasteiger partial charge in [-0.15, -0.1) is 11.3 Å². The monoisotopic (exact) mass is 294 g/mol. The van der Waals surface area contributed by atoms with Gasteiger partial charge in [0.05, 0.1) is 5.69 Å². The number of aliphatic carboxylic acids is 1. The van der Waals surface area contributed by atoms with Crippen molar-refractivity contribution in [2.24, 2.45) is 5.92 Å². The van der Waals surface area contributed by atoms with Gasteiger partial charge in [0.15, 0.2) is 5.13 Å². The van der Waals surface area contributed by atoms with Gasteiger partial charge in [0.2, 0.25) is 0 Å². The number of thiazole rings is 1. The lowest BCUT2D eigenvalue weighted by Gasteiger charge is -2.21. The Morgan fingerprint density at radius 3 is 2.85 bits per heavy atom. The van der Waals surface area contributed by atoms with Crippen molar-refractivity contribution in [2.75, 3.05) is 11.9 Å². The summed E-state index contributed by atoms with van der Waals surface area (Å²) in [5.41, 5.74) is 0.808. The Balaban J connectivity index is 1.51. The van der Waals surface area contributed by atoms with Crippen LogP contribution in [0.3, 0.4) is 0 Å². The van der Waals surface area contributed by atoms with Crippen molar-refractivity contribution in [3.63, 3.8) is 0 Å². The van der Waals surface area contributed by atoms with E-state index in [4.69, 9.17) is 5.11 Å². The molecular formula is C15H22N2O2S. The molecule has 0 aromatic carbocycles. The van der Waals surface area contributed by atoms with Crippen LogP contribution in [0.15, 0.2) is 0 Å². The van der Waals surface area contributed by atoms with Gasteiger partial charge in [-0.25, -0.2) is 4.98 Å². The number of fused-ring (bicyclic) bond motifs is 1. The van der Waals surface area contributed by atoms with Crippen molar-refractivity contribution in [3.05, 3.63) is 10.6 Å². The van der Waals surface area contributed by atoms with Crippen LogP contribution in [0.25, 0.3) is 0 Å². The molecule has 20 heavy (non-hydrogen) atoms. The molecular weight excluding hydrogens is 272 g/mol. The molecule has 1 unspecified atom stereocenters. The number of aromatic nitrogens is 1. The smallest absolute Gasteiger partial charge is 0.312 e. The summed E-state index contributed by atoms with van der Waals surface area (Å²) in [6.45, 7) is 0.967. The van der Waals surface area contributed by atoms with E-state index >= 15 is 0 Å². The van der Waals surface area contributed by atoms with Gasteiger partial charge in [0, 0.05) is 11.4 Å². The molecule has 1 saturated carbocycles. The molecule has 110 valence electrons. The Morgan fingerprint density at radius 2 is 2.10 bits per heavy atom. The molecule has 1 aromatic rings. The quantitative estimate of drug-likeness (QED) is 0.870. The Hall–Kier alpha value is -1.10. The molecule has 2 N–H and O–H groups in total. The van der Waals surface area contributed by atoms with E-state index in [0.29, 0.717) is 6.42 Å². The summed E-state index contributed by atoms with van der Waals surface area (Å²) in [5.74, 6) is -0.243. The minimum Gasteiger partial charge on any atom is -0.481 e. The standard InChI is InChI=1S/C15H22N2O2S/c18-14(19)11-6-7-12-13(11)17-15(20-12)16-9-8-10-4-2-1-3-5-10/h10-11H,1-9H2,(H,16,17)(H,18,19). The SMILES string of the molecule is O=C(O)C1CCc2sc(NCCC3CCCCC3)nc21. The van der Waals surface area contributed by atoms with Gasteiger partial charge in [-0.3, -0.25) is 4.79 Å². The van der Waals surface area contributed by atoms with Crippen LogP contribution in [-0.2, 0) is 11.2 Å². The van der Waals surface area contributed by atoms with Crippen molar-refractivity contribution in [1.29, 1.82) is 0 Å². The van der Waals surface area contributed by atoms with Gasteiger partial charge in [-0.1, -0.05) is 32.1 Å². The number of hydrogen-bond donors (Lipinski definition) is 2. The molecule has 1 atom stereocenters. The second-order valence-corrected chi connectivity index (χ2v) is 7.06. The summed E-state index contributed by atoms with van der Waals surface area (Å²) in [6, 6.07) is 0. The minimum absolute atomic E-state index is 0.379. The van der Waals surface area contributed by atoms with E-state index in [-0.39, 0.29) is 5.92 Å². The zero-order chi connectivity index (χ0) is 13.9. The summed E-state index contributed by atoms with van der Waals surface area (Å²) in [7, 11) is 0. The van der Waals surface area contributed by atoms with Crippen molar-refractivity contribution in [3.8, 4) is 0 Å². The molecule has 1 heterocycles. The van der Waals surface area contributed by atoms with E-state index < -0.39 is 5.97 Å². The van der Waals surface area contributed by atoms with E-state index in [2.05, 4.69) is 10.3 Å². The largest absolute Gasteiger partial charge is 0.481 e. The van der Waals surface area contributed by atoms with Gasteiger partial charge < -0.3 is 10.4 Å².